The lowest BCUT2D eigenvalue weighted by molar-refractivity contribution is -0.118. The van der Waals surface area contributed by atoms with Crippen molar-refractivity contribution in [2.45, 2.75) is 4.87 Å². The summed E-state index contributed by atoms with van der Waals surface area (Å²) >= 11 is 7.57. The Bertz CT molecular complexity index is 759. The number of anilines is 1. The number of halogens is 1. The van der Waals surface area contributed by atoms with E-state index >= 15 is 0 Å². The fourth-order valence-electron chi connectivity index (χ4n) is 2.35. The Hall–Kier alpha value is -2.18. The second kappa shape index (κ2) is 4.68. The minimum Gasteiger partial charge on any atom is -0.351 e. The number of urea groups is 1. The third kappa shape index (κ3) is 1.80. The number of Topliss-reactive ketones (excluding diaryl/α,β-unsaturated/α-hetero) is 1. The van der Waals surface area contributed by atoms with E-state index in [4.69, 9.17) is 17.3 Å². The normalized spacial score (nSPS) is 20.4. The van der Waals surface area contributed by atoms with Crippen LogP contribution in [0.25, 0.3) is 0 Å². The predicted molar refractivity (Wildman–Crippen MR) is 79.7 cm³/mol. The van der Waals surface area contributed by atoms with Gasteiger partial charge in [-0.3, -0.25) is 9.59 Å². The summed E-state index contributed by atoms with van der Waals surface area (Å²) in [7, 11) is 0. The van der Waals surface area contributed by atoms with Crippen molar-refractivity contribution in [1.82, 2.24) is 0 Å². The smallest absolute Gasteiger partial charge is 0.326 e. The van der Waals surface area contributed by atoms with Crippen LogP contribution in [0.1, 0.15) is 15.2 Å². The van der Waals surface area contributed by atoms with Crippen LogP contribution in [-0.4, -0.2) is 17.7 Å². The maximum Gasteiger partial charge on any atom is 0.326 e. The highest BCUT2D eigenvalue weighted by atomic mass is 35.5. The van der Waals surface area contributed by atoms with Gasteiger partial charge in [0, 0.05) is 5.56 Å². The molecule has 1 aromatic heterocycles. The van der Waals surface area contributed by atoms with Gasteiger partial charge in [-0.1, -0.05) is 35.9 Å². The van der Waals surface area contributed by atoms with Gasteiger partial charge in [0.2, 0.25) is 10.7 Å². The molecule has 0 aliphatic carbocycles. The number of carbonyl (C=O) groups excluding carboxylic acids is 3. The van der Waals surface area contributed by atoms with Gasteiger partial charge in [-0.25, -0.2) is 9.69 Å². The average molecular weight is 321 g/mol. The Labute approximate surface area is 128 Å². The first-order valence-corrected chi connectivity index (χ1v) is 7.24. The fraction of sp³-hybridized carbons (Fsp3) is 0.0714. The van der Waals surface area contributed by atoms with Crippen molar-refractivity contribution in [1.29, 1.82) is 0 Å². The molecule has 0 saturated carbocycles. The number of nitrogens with two attached hydrogens (primary N) is 1. The van der Waals surface area contributed by atoms with Crippen LogP contribution >= 0.6 is 22.9 Å². The van der Waals surface area contributed by atoms with Gasteiger partial charge < -0.3 is 5.73 Å². The Morgan fingerprint density at radius 2 is 1.90 bits per heavy atom. The Morgan fingerprint density at radius 3 is 2.52 bits per heavy atom. The van der Waals surface area contributed by atoms with E-state index < -0.39 is 22.6 Å². The topological polar surface area (TPSA) is 80.5 Å². The molecule has 2 N–H and O–H groups in total. The van der Waals surface area contributed by atoms with Crippen molar-refractivity contribution in [3.63, 3.8) is 0 Å². The fourth-order valence-corrected chi connectivity index (χ4v) is 3.48. The molecule has 5 nitrogen and oxygen atoms in total. The largest absolute Gasteiger partial charge is 0.351 e. The van der Waals surface area contributed by atoms with Crippen LogP contribution in [0.3, 0.4) is 0 Å². The summed E-state index contributed by atoms with van der Waals surface area (Å²) < 4.78 is 0. The molecule has 1 unspecified atom stereocenters. The number of ketones is 1. The van der Waals surface area contributed by atoms with Crippen molar-refractivity contribution in [3.05, 3.63) is 52.2 Å². The molecule has 1 aliphatic rings. The first-order valence-electron chi connectivity index (χ1n) is 5.98. The van der Waals surface area contributed by atoms with Crippen LogP contribution in [0.15, 0.2) is 41.8 Å². The number of carbonyl (C=O) groups is 3. The van der Waals surface area contributed by atoms with E-state index in [9.17, 15) is 14.4 Å². The number of benzene rings is 1. The van der Waals surface area contributed by atoms with E-state index in [0.717, 1.165) is 4.90 Å². The molecule has 3 rings (SSSR count). The third-order valence-electron chi connectivity index (χ3n) is 3.29. The Morgan fingerprint density at radius 1 is 1.19 bits per heavy atom. The zero-order valence-electron chi connectivity index (χ0n) is 10.6. The average Bonchev–Trinajstić information content (AvgIpc) is 3.06. The minimum absolute atomic E-state index is 0.245. The number of fused-ring (bicyclic) bond motifs is 1. The number of amides is 3. The summed E-state index contributed by atoms with van der Waals surface area (Å²) in [4.78, 5) is 35.9. The molecule has 3 amide bonds. The number of imide groups is 1. The summed E-state index contributed by atoms with van der Waals surface area (Å²) in [5, 5.41) is 1.71. The van der Waals surface area contributed by atoms with E-state index in [1.54, 1.807) is 35.7 Å². The van der Waals surface area contributed by atoms with E-state index in [0.29, 0.717) is 4.88 Å². The molecule has 106 valence electrons. The minimum atomic E-state index is -1.95. The monoisotopic (exact) mass is 320 g/mol. The molecule has 0 radical (unpaired) electrons. The van der Waals surface area contributed by atoms with Gasteiger partial charge in [0.1, 0.15) is 0 Å². The summed E-state index contributed by atoms with van der Waals surface area (Å²) in [6.07, 6.45) is 0. The number of para-hydroxylation sites is 1. The number of hydrogen-bond acceptors (Lipinski definition) is 4. The number of nitrogens with zero attached hydrogens (tertiary/aromatic N) is 1. The zero-order valence-corrected chi connectivity index (χ0v) is 12.1. The van der Waals surface area contributed by atoms with Crippen LogP contribution in [0.5, 0.6) is 0 Å². The van der Waals surface area contributed by atoms with Crippen molar-refractivity contribution in [2.75, 3.05) is 4.90 Å². The van der Waals surface area contributed by atoms with Crippen LogP contribution in [0.2, 0.25) is 0 Å². The molecule has 7 heteroatoms. The second-order valence-corrected chi connectivity index (χ2v) is 5.98. The van der Waals surface area contributed by atoms with Gasteiger partial charge >= 0.3 is 6.03 Å². The van der Waals surface area contributed by atoms with E-state index in [2.05, 4.69) is 0 Å². The predicted octanol–water partition coefficient (Wildman–Crippen LogP) is 2.49. The van der Waals surface area contributed by atoms with Crippen LogP contribution < -0.4 is 10.6 Å². The lowest BCUT2D eigenvalue weighted by Gasteiger charge is -2.18. The van der Waals surface area contributed by atoms with E-state index in [1.165, 1.54) is 17.4 Å². The van der Waals surface area contributed by atoms with Gasteiger partial charge in [0.15, 0.2) is 0 Å². The van der Waals surface area contributed by atoms with Crippen molar-refractivity contribution >= 4 is 46.3 Å². The third-order valence-corrected chi connectivity index (χ3v) is 4.70. The maximum atomic E-state index is 12.6. The van der Waals surface area contributed by atoms with E-state index in [1.807, 2.05) is 0 Å². The number of rotatable bonds is 2. The molecule has 21 heavy (non-hydrogen) atoms. The molecule has 1 aromatic carbocycles. The molecular formula is C14H9ClN2O3S. The molecule has 0 saturated heterocycles. The molecule has 1 atom stereocenters. The van der Waals surface area contributed by atoms with E-state index in [-0.39, 0.29) is 11.3 Å². The summed E-state index contributed by atoms with van der Waals surface area (Å²) in [5.74, 6) is -1.39. The SMILES string of the molecule is NC(=O)N1C(=O)C(Cl)(C(=O)c2cccs2)c2ccccc21. The molecule has 0 bridgehead atoms. The molecule has 1 aliphatic heterocycles. The zero-order chi connectivity index (χ0) is 15.2. The molecule has 0 spiro atoms. The number of alkyl halides is 1. The Kier molecular flexibility index (Phi) is 3.07. The van der Waals surface area contributed by atoms with Crippen LogP contribution in [0.4, 0.5) is 10.5 Å². The summed E-state index contributed by atoms with van der Waals surface area (Å²) in [6.45, 7) is 0. The molecule has 2 aromatic rings. The molecule has 2 heterocycles. The number of thiophene rings is 1. The quantitative estimate of drug-likeness (QED) is 0.524. The lowest BCUT2D eigenvalue weighted by Crippen LogP contribution is -2.46. The standard InChI is InChI=1S/C14H9ClN2O3S/c15-14(11(18)10-6-3-7-21-10)8-4-1-2-5-9(8)17(12(14)19)13(16)20/h1-7H,(H2,16,20). The van der Waals surface area contributed by atoms with Gasteiger partial charge in [-0.05, 0) is 17.5 Å². The van der Waals surface area contributed by atoms with Gasteiger partial charge in [-0.15, -0.1) is 11.3 Å². The van der Waals surface area contributed by atoms with Gasteiger partial charge in [-0.2, -0.15) is 0 Å². The van der Waals surface area contributed by atoms with Gasteiger partial charge in [0.25, 0.3) is 5.91 Å². The van der Waals surface area contributed by atoms with Crippen molar-refractivity contribution in [3.8, 4) is 0 Å². The number of hydrogen-bond donors (Lipinski definition) is 1. The second-order valence-electron chi connectivity index (χ2n) is 4.46. The highest BCUT2D eigenvalue weighted by Gasteiger charge is 2.57. The van der Waals surface area contributed by atoms with Crippen molar-refractivity contribution in [2.24, 2.45) is 5.73 Å². The van der Waals surface area contributed by atoms with Crippen molar-refractivity contribution < 1.29 is 14.4 Å². The highest BCUT2D eigenvalue weighted by Crippen LogP contribution is 2.46. The number of primary amides is 1. The summed E-state index contributed by atoms with van der Waals surface area (Å²) in [6, 6.07) is 8.68. The van der Waals surface area contributed by atoms with Crippen LogP contribution in [-0.2, 0) is 9.67 Å². The maximum absolute atomic E-state index is 12.6. The Balaban J connectivity index is 2.21. The first kappa shape index (κ1) is 13.8. The van der Waals surface area contributed by atoms with Gasteiger partial charge in [0.05, 0.1) is 10.6 Å². The highest BCUT2D eigenvalue weighted by molar-refractivity contribution is 7.12. The molecular weight excluding hydrogens is 312 g/mol. The molecule has 0 fully saturated rings. The first-order chi connectivity index (χ1) is 9.98. The summed E-state index contributed by atoms with van der Waals surface area (Å²) in [5.41, 5.74) is 5.76. The van der Waals surface area contributed by atoms with Crippen LogP contribution in [0, 0.1) is 0 Å². The lowest BCUT2D eigenvalue weighted by atomic mass is 9.94.